The predicted octanol–water partition coefficient (Wildman–Crippen LogP) is 3.24. The highest BCUT2D eigenvalue weighted by Gasteiger charge is 2.30. The number of ether oxygens (including phenoxy) is 1. The van der Waals surface area contributed by atoms with E-state index >= 15 is 0 Å². The number of hydrogen-bond donors (Lipinski definition) is 0. The molecule has 6 heteroatoms. The van der Waals surface area contributed by atoms with Crippen molar-refractivity contribution < 1.29 is 9.53 Å². The maximum atomic E-state index is 12.0. The molecule has 1 atom stereocenters. The molecule has 0 saturated carbocycles. The number of nitrogens with zero attached hydrogens (tertiary/aromatic N) is 3. The lowest BCUT2D eigenvalue weighted by atomic mass is 10.0. The third-order valence-electron chi connectivity index (χ3n) is 3.38. The largest absolute Gasteiger partial charge is 0.444 e. The van der Waals surface area contributed by atoms with Crippen LogP contribution in [0.4, 0.5) is 4.79 Å². The fourth-order valence-corrected chi connectivity index (χ4v) is 2.44. The van der Waals surface area contributed by atoms with E-state index in [1.807, 2.05) is 27.7 Å². The zero-order chi connectivity index (χ0) is 15.6. The number of aryl methyl sites for hydroxylation is 1. The fraction of sp³-hybridized carbons (Fsp3) is 0.667. The second-order valence-electron chi connectivity index (χ2n) is 6.50. The minimum Gasteiger partial charge on any atom is -0.444 e. The van der Waals surface area contributed by atoms with Crippen molar-refractivity contribution in [3.63, 3.8) is 0 Å². The molecule has 1 saturated heterocycles. The van der Waals surface area contributed by atoms with Gasteiger partial charge in [0.1, 0.15) is 11.4 Å². The van der Waals surface area contributed by atoms with Crippen LogP contribution in [0.15, 0.2) is 6.20 Å². The van der Waals surface area contributed by atoms with Gasteiger partial charge >= 0.3 is 6.09 Å². The molecule has 0 aliphatic carbocycles. The van der Waals surface area contributed by atoms with E-state index in [-0.39, 0.29) is 6.09 Å². The topological polar surface area (TPSA) is 55.3 Å². The number of rotatable bonds is 2. The Morgan fingerprint density at radius 3 is 2.86 bits per heavy atom. The molecule has 116 valence electrons. The SMILES string of the molecule is Cc1nc(C[C@@H]2CCN(C(=O)OC(C)(C)C)C2)ncc1Cl. The van der Waals surface area contributed by atoms with Crippen LogP contribution >= 0.6 is 11.6 Å². The highest BCUT2D eigenvalue weighted by atomic mass is 35.5. The summed E-state index contributed by atoms with van der Waals surface area (Å²) in [6.07, 6.45) is 3.11. The van der Waals surface area contributed by atoms with Crippen LogP contribution < -0.4 is 0 Å². The molecule has 0 bridgehead atoms. The molecule has 0 spiro atoms. The molecule has 1 aliphatic rings. The number of carbonyl (C=O) groups is 1. The molecular formula is C15H22ClN3O2. The minimum absolute atomic E-state index is 0.238. The van der Waals surface area contributed by atoms with Crippen LogP contribution in [0.25, 0.3) is 0 Å². The molecule has 1 amide bonds. The van der Waals surface area contributed by atoms with Crippen molar-refractivity contribution in [1.29, 1.82) is 0 Å². The highest BCUT2D eigenvalue weighted by Crippen LogP contribution is 2.22. The molecule has 1 aromatic heterocycles. The van der Waals surface area contributed by atoms with E-state index < -0.39 is 5.60 Å². The normalized spacial score (nSPS) is 18.9. The molecule has 1 aliphatic heterocycles. The van der Waals surface area contributed by atoms with Crippen LogP contribution in [0.3, 0.4) is 0 Å². The van der Waals surface area contributed by atoms with Gasteiger partial charge in [0.2, 0.25) is 0 Å². The standard InChI is InChI=1S/C15H22ClN3O2/c1-10-12(16)8-17-13(18-10)7-11-5-6-19(9-11)14(20)21-15(2,3)4/h8,11H,5-7,9H2,1-4H3/t11-/m0/s1. The van der Waals surface area contributed by atoms with Crippen molar-refractivity contribution in [2.45, 2.75) is 46.1 Å². The van der Waals surface area contributed by atoms with Gasteiger partial charge in [0.25, 0.3) is 0 Å². The summed E-state index contributed by atoms with van der Waals surface area (Å²) in [6, 6.07) is 0. The van der Waals surface area contributed by atoms with Gasteiger partial charge in [-0.2, -0.15) is 0 Å². The molecule has 2 rings (SSSR count). The lowest BCUT2D eigenvalue weighted by Gasteiger charge is -2.24. The highest BCUT2D eigenvalue weighted by molar-refractivity contribution is 6.31. The quantitative estimate of drug-likeness (QED) is 0.841. The Bertz CT molecular complexity index is 528. The molecule has 0 radical (unpaired) electrons. The van der Waals surface area contributed by atoms with E-state index in [0.717, 1.165) is 30.9 Å². The van der Waals surface area contributed by atoms with Crippen molar-refractivity contribution in [2.24, 2.45) is 5.92 Å². The molecule has 1 aromatic rings. The lowest BCUT2D eigenvalue weighted by Crippen LogP contribution is -2.35. The predicted molar refractivity (Wildman–Crippen MR) is 81.4 cm³/mol. The number of aromatic nitrogens is 2. The van der Waals surface area contributed by atoms with Gasteiger partial charge in [-0.25, -0.2) is 14.8 Å². The van der Waals surface area contributed by atoms with Gasteiger partial charge in [-0.1, -0.05) is 11.6 Å². The summed E-state index contributed by atoms with van der Waals surface area (Å²) in [4.78, 5) is 22.4. The zero-order valence-corrected chi connectivity index (χ0v) is 13.8. The average Bonchev–Trinajstić information content (AvgIpc) is 2.80. The average molecular weight is 312 g/mol. The fourth-order valence-electron chi connectivity index (χ4n) is 2.35. The van der Waals surface area contributed by atoms with Crippen molar-refractivity contribution >= 4 is 17.7 Å². The van der Waals surface area contributed by atoms with Crippen molar-refractivity contribution in [1.82, 2.24) is 14.9 Å². The number of likely N-dealkylation sites (tertiary alicyclic amines) is 1. The van der Waals surface area contributed by atoms with Gasteiger partial charge in [0, 0.05) is 25.7 Å². The molecule has 0 unspecified atom stereocenters. The second kappa shape index (κ2) is 6.18. The second-order valence-corrected chi connectivity index (χ2v) is 6.91. The van der Waals surface area contributed by atoms with Crippen LogP contribution in [-0.2, 0) is 11.2 Å². The van der Waals surface area contributed by atoms with Crippen LogP contribution in [0.2, 0.25) is 5.02 Å². The summed E-state index contributed by atoms with van der Waals surface area (Å²) in [5, 5.41) is 0.584. The molecule has 0 N–H and O–H groups in total. The maximum Gasteiger partial charge on any atom is 0.410 e. The van der Waals surface area contributed by atoms with Crippen LogP contribution in [0.5, 0.6) is 0 Å². The van der Waals surface area contributed by atoms with E-state index in [0.29, 0.717) is 17.5 Å². The van der Waals surface area contributed by atoms with E-state index in [1.54, 1.807) is 11.1 Å². The summed E-state index contributed by atoms with van der Waals surface area (Å²) in [6.45, 7) is 8.93. The lowest BCUT2D eigenvalue weighted by molar-refractivity contribution is 0.0288. The third-order valence-corrected chi connectivity index (χ3v) is 3.75. The van der Waals surface area contributed by atoms with Crippen LogP contribution in [0.1, 0.15) is 38.7 Å². The summed E-state index contributed by atoms with van der Waals surface area (Å²) in [7, 11) is 0. The van der Waals surface area contributed by atoms with Crippen molar-refractivity contribution in [3.8, 4) is 0 Å². The first-order valence-corrected chi connectivity index (χ1v) is 7.58. The van der Waals surface area contributed by atoms with Crippen molar-refractivity contribution in [3.05, 3.63) is 22.7 Å². The van der Waals surface area contributed by atoms with Gasteiger partial charge in [0.05, 0.1) is 10.7 Å². The molecular weight excluding hydrogens is 290 g/mol. The summed E-state index contributed by atoms with van der Waals surface area (Å²) in [5.41, 5.74) is 0.342. The van der Waals surface area contributed by atoms with Gasteiger partial charge in [-0.05, 0) is 40.0 Å². The number of hydrogen-bond acceptors (Lipinski definition) is 4. The molecule has 2 heterocycles. The first kappa shape index (κ1) is 16.0. The first-order chi connectivity index (χ1) is 9.74. The molecule has 5 nitrogen and oxygen atoms in total. The summed E-state index contributed by atoms with van der Waals surface area (Å²) < 4.78 is 5.39. The van der Waals surface area contributed by atoms with Gasteiger partial charge in [0.15, 0.2) is 0 Å². The Balaban J connectivity index is 1.90. The Labute approximate surface area is 130 Å². The van der Waals surface area contributed by atoms with Gasteiger partial charge < -0.3 is 9.64 Å². The number of halogens is 1. The van der Waals surface area contributed by atoms with Crippen LogP contribution in [0, 0.1) is 12.8 Å². The Hall–Kier alpha value is -1.36. The molecule has 0 aromatic carbocycles. The van der Waals surface area contributed by atoms with E-state index in [4.69, 9.17) is 16.3 Å². The minimum atomic E-state index is -0.453. The monoisotopic (exact) mass is 311 g/mol. The van der Waals surface area contributed by atoms with Crippen molar-refractivity contribution in [2.75, 3.05) is 13.1 Å². The molecule has 1 fully saturated rings. The Morgan fingerprint density at radius 2 is 2.24 bits per heavy atom. The van der Waals surface area contributed by atoms with Crippen LogP contribution in [-0.4, -0.2) is 39.7 Å². The smallest absolute Gasteiger partial charge is 0.410 e. The van der Waals surface area contributed by atoms with E-state index in [1.165, 1.54) is 0 Å². The van der Waals surface area contributed by atoms with E-state index in [2.05, 4.69) is 9.97 Å². The number of amides is 1. The Kier molecular flexibility index (Phi) is 4.71. The maximum absolute atomic E-state index is 12.0. The zero-order valence-electron chi connectivity index (χ0n) is 13.0. The van der Waals surface area contributed by atoms with E-state index in [9.17, 15) is 4.79 Å². The van der Waals surface area contributed by atoms with Gasteiger partial charge in [-0.3, -0.25) is 0 Å². The summed E-state index contributed by atoms with van der Waals surface area (Å²) >= 11 is 5.93. The molecule has 21 heavy (non-hydrogen) atoms. The third kappa shape index (κ3) is 4.56. The van der Waals surface area contributed by atoms with Gasteiger partial charge in [-0.15, -0.1) is 0 Å². The first-order valence-electron chi connectivity index (χ1n) is 7.20. The Morgan fingerprint density at radius 1 is 1.52 bits per heavy atom. The summed E-state index contributed by atoms with van der Waals surface area (Å²) in [5.74, 6) is 1.16. The number of carbonyl (C=O) groups excluding carboxylic acids is 1.